The van der Waals surface area contributed by atoms with Gasteiger partial charge in [0.25, 0.3) is 5.91 Å². The average Bonchev–Trinajstić information content (AvgIpc) is 2.82. The Morgan fingerprint density at radius 2 is 1.43 bits per heavy atom. The molecule has 3 aromatic carbocycles. The Labute approximate surface area is 229 Å². The number of anilines is 2. The maximum absolute atomic E-state index is 12.8. The van der Waals surface area contributed by atoms with Crippen molar-refractivity contribution < 1.29 is 19.5 Å². The molecular formula is C23H15Cl5N2O4S. The van der Waals surface area contributed by atoms with Crippen LogP contribution in [-0.4, -0.2) is 28.6 Å². The van der Waals surface area contributed by atoms with Gasteiger partial charge in [0.15, 0.2) is 0 Å². The van der Waals surface area contributed by atoms with Crippen molar-refractivity contribution in [1.29, 1.82) is 0 Å². The van der Waals surface area contributed by atoms with Crippen LogP contribution in [0.25, 0.3) is 0 Å². The fraction of sp³-hybridized carbons (Fsp3) is 0.0870. The molecule has 2 amide bonds. The molecule has 0 atom stereocenters. The summed E-state index contributed by atoms with van der Waals surface area (Å²) in [4.78, 5) is 37.5. The first-order valence-electron chi connectivity index (χ1n) is 9.69. The summed E-state index contributed by atoms with van der Waals surface area (Å²) < 4.78 is 0. The van der Waals surface area contributed by atoms with Gasteiger partial charge in [-0.15, -0.1) is 11.8 Å². The average molecular weight is 593 g/mol. The molecular weight excluding hydrogens is 578 g/mol. The van der Waals surface area contributed by atoms with E-state index in [0.717, 1.165) is 10.5 Å². The number of hydrogen-bond donors (Lipinski definition) is 3. The van der Waals surface area contributed by atoms with Gasteiger partial charge in [0.05, 0.1) is 37.0 Å². The molecule has 0 radical (unpaired) electrons. The van der Waals surface area contributed by atoms with Crippen LogP contribution in [-0.2, 0) is 4.79 Å². The van der Waals surface area contributed by atoms with Crippen LogP contribution in [0.4, 0.5) is 11.4 Å². The third kappa shape index (κ3) is 6.36. The Balaban J connectivity index is 1.68. The molecule has 0 saturated carbocycles. The molecule has 0 aliphatic rings. The van der Waals surface area contributed by atoms with E-state index in [1.54, 1.807) is 42.5 Å². The van der Waals surface area contributed by atoms with Gasteiger partial charge in [0.2, 0.25) is 5.91 Å². The monoisotopic (exact) mass is 590 g/mol. The maximum Gasteiger partial charge on any atom is 0.338 e. The molecule has 35 heavy (non-hydrogen) atoms. The van der Waals surface area contributed by atoms with Crippen LogP contribution in [0.5, 0.6) is 0 Å². The van der Waals surface area contributed by atoms with Gasteiger partial charge in [0.1, 0.15) is 0 Å². The molecule has 0 saturated heterocycles. The van der Waals surface area contributed by atoms with Crippen LogP contribution in [0.3, 0.4) is 0 Å². The minimum absolute atomic E-state index is 0.150. The molecule has 0 aliphatic carbocycles. The van der Waals surface area contributed by atoms with Crippen LogP contribution in [0.15, 0.2) is 47.4 Å². The number of carbonyl (C=O) groups excluding carboxylic acids is 2. The standard InChI is InChI=1S/C23H15Cl5N2O4S/c1-10-13(24)3-2-4-14(10)30-15(31)9-35-12-7-5-11(6-8-12)29-22(32)16-17(23(33)34)19(26)21(28)20(27)18(16)25/h2-8H,9H2,1H3,(H,29,32)(H,30,31)(H,33,34). The Hall–Kier alpha value is -2.13. The van der Waals surface area contributed by atoms with Crippen molar-refractivity contribution in [2.75, 3.05) is 16.4 Å². The Morgan fingerprint density at radius 1 is 0.829 bits per heavy atom. The number of thioether (sulfide) groups is 1. The Kier molecular flexibility index (Phi) is 9.21. The normalized spacial score (nSPS) is 10.7. The van der Waals surface area contributed by atoms with Crippen molar-refractivity contribution in [3.05, 3.63) is 84.3 Å². The summed E-state index contributed by atoms with van der Waals surface area (Å²) in [5.41, 5.74) is 0.805. The lowest BCUT2D eigenvalue weighted by molar-refractivity contribution is -0.113. The predicted octanol–water partition coefficient (Wildman–Crippen LogP) is 7.94. The highest BCUT2D eigenvalue weighted by atomic mass is 35.5. The third-order valence-electron chi connectivity index (χ3n) is 4.73. The van der Waals surface area contributed by atoms with Crippen LogP contribution >= 0.6 is 69.8 Å². The largest absolute Gasteiger partial charge is 0.478 e. The molecule has 0 aromatic heterocycles. The lowest BCUT2D eigenvalue weighted by Gasteiger charge is -2.14. The lowest BCUT2D eigenvalue weighted by Crippen LogP contribution is -2.18. The van der Waals surface area contributed by atoms with Gasteiger partial charge in [-0.2, -0.15) is 0 Å². The lowest BCUT2D eigenvalue weighted by atomic mass is 10.1. The summed E-state index contributed by atoms with van der Waals surface area (Å²) in [7, 11) is 0. The SMILES string of the molecule is Cc1c(Cl)cccc1NC(=O)CSc1ccc(NC(=O)c2c(Cl)c(Cl)c(Cl)c(Cl)c2C(=O)O)cc1. The summed E-state index contributed by atoms with van der Waals surface area (Å²) in [5.74, 6) is -2.37. The third-order valence-corrected chi connectivity index (χ3v) is 7.96. The zero-order chi connectivity index (χ0) is 25.9. The summed E-state index contributed by atoms with van der Waals surface area (Å²) in [6.07, 6.45) is 0. The van der Waals surface area contributed by atoms with E-state index >= 15 is 0 Å². The van der Waals surface area contributed by atoms with Crippen LogP contribution in [0.2, 0.25) is 25.1 Å². The second kappa shape index (κ2) is 11.7. The molecule has 0 fully saturated rings. The highest BCUT2D eigenvalue weighted by molar-refractivity contribution is 8.00. The van der Waals surface area contributed by atoms with E-state index in [-0.39, 0.29) is 26.7 Å². The van der Waals surface area contributed by atoms with Gasteiger partial charge in [0, 0.05) is 21.3 Å². The predicted molar refractivity (Wildman–Crippen MR) is 143 cm³/mol. The van der Waals surface area contributed by atoms with E-state index in [2.05, 4.69) is 10.6 Å². The first-order chi connectivity index (χ1) is 16.5. The summed E-state index contributed by atoms with van der Waals surface area (Å²) >= 11 is 31.4. The molecule has 3 N–H and O–H groups in total. The number of rotatable bonds is 7. The van der Waals surface area contributed by atoms with Crippen molar-refractivity contribution in [1.82, 2.24) is 0 Å². The van der Waals surface area contributed by atoms with Crippen molar-refractivity contribution in [3.63, 3.8) is 0 Å². The van der Waals surface area contributed by atoms with Crippen LogP contribution in [0.1, 0.15) is 26.3 Å². The number of nitrogens with one attached hydrogen (secondary N) is 2. The van der Waals surface area contributed by atoms with Crippen molar-refractivity contribution >= 4 is 98.9 Å². The van der Waals surface area contributed by atoms with Crippen LogP contribution < -0.4 is 10.6 Å². The molecule has 0 spiro atoms. The fourth-order valence-electron chi connectivity index (χ4n) is 2.95. The first-order valence-corrected chi connectivity index (χ1v) is 12.6. The molecule has 3 aromatic rings. The van der Waals surface area contributed by atoms with Gasteiger partial charge in [-0.05, 0) is 48.9 Å². The molecule has 0 heterocycles. The number of carboxylic acids is 1. The van der Waals surface area contributed by atoms with E-state index in [9.17, 15) is 19.5 Å². The van der Waals surface area contributed by atoms with Gasteiger partial charge in [-0.3, -0.25) is 9.59 Å². The zero-order valence-electron chi connectivity index (χ0n) is 17.7. The molecule has 3 rings (SSSR count). The molecule has 182 valence electrons. The minimum Gasteiger partial charge on any atom is -0.478 e. The number of halogens is 5. The second-order valence-corrected chi connectivity index (χ2v) is 10.0. The molecule has 12 heteroatoms. The van der Waals surface area contributed by atoms with Crippen molar-refractivity contribution in [3.8, 4) is 0 Å². The highest BCUT2D eigenvalue weighted by Crippen LogP contribution is 2.41. The number of amides is 2. The number of benzene rings is 3. The van der Waals surface area contributed by atoms with E-state index in [1.807, 2.05) is 6.92 Å². The van der Waals surface area contributed by atoms with Gasteiger partial charge in [-0.25, -0.2) is 4.79 Å². The minimum atomic E-state index is -1.49. The number of carbonyl (C=O) groups is 3. The number of hydrogen-bond acceptors (Lipinski definition) is 4. The highest BCUT2D eigenvalue weighted by Gasteiger charge is 2.28. The van der Waals surface area contributed by atoms with Gasteiger partial charge in [-0.1, -0.05) is 64.1 Å². The van der Waals surface area contributed by atoms with E-state index in [1.165, 1.54) is 11.8 Å². The topological polar surface area (TPSA) is 95.5 Å². The molecule has 6 nitrogen and oxygen atoms in total. The van der Waals surface area contributed by atoms with E-state index in [0.29, 0.717) is 16.4 Å². The molecule has 0 aliphatic heterocycles. The Morgan fingerprint density at radius 3 is 2.03 bits per heavy atom. The smallest absolute Gasteiger partial charge is 0.338 e. The molecule has 0 unspecified atom stereocenters. The zero-order valence-corrected chi connectivity index (χ0v) is 22.3. The first kappa shape index (κ1) is 27.5. The maximum atomic E-state index is 12.8. The van der Waals surface area contributed by atoms with Crippen molar-refractivity contribution in [2.24, 2.45) is 0 Å². The van der Waals surface area contributed by atoms with Crippen LogP contribution in [0, 0.1) is 6.92 Å². The molecule has 0 bridgehead atoms. The number of carboxylic acid groups (broad SMARTS) is 1. The summed E-state index contributed by atoms with van der Waals surface area (Å²) in [6.45, 7) is 1.82. The van der Waals surface area contributed by atoms with Gasteiger partial charge < -0.3 is 15.7 Å². The quantitative estimate of drug-likeness (QED) is 0.147. The van der Waals surface area contributed by atoms with Crippen molar-refractivity contribution in [2.45, 2.75) is 11.8 Å². The van der Waals surface area contributed by atoms with E-state index < -0.39 is 28.0 Å². The summed E-state index contributed by atoms with van der Waals surface area (Å²) in [6, 6.07) is 11.8. The fourth-order valence-corrected chi connectivity index (χ4v) is 4.84. The number of aromatic carboxylic acids is 1. The Bertz CT molecular complexity index is 1330. The summed E-state index contributed by atoms with van der Waals surface area (Å²) in [5, 5.41) is 14.2. The van der Waals surface area contributed by atoms with Gasteiger partial charge >= 0.3 is 5.97 Å². The second-order valence-electron chi connectivity index (χ2n) is 7.04. The van der Waals surface area contributed by atoms with E-state index in [4.69, 9.17) is 58.0 Å².